The lowest BCUT2D eigenvalue weighted by Crippen LogP contribution is -2.10. The Bertz CT molecular complexity index is 641. The van der Waals surface area contributed by atoms with E-state index in [2.05, 4.69) is 10.9 Å². The highest BCUT2D eigenvalue weighted by Gasteiger charge is 2.16. The predicted molar refractivity (Wildman–Crippen MR) is 70.6 cm³/mol. The number of aromatic nitrogens is 1. The second-order valence-electron chi connectivity index (χ2n) is 3.45. The largest absolute Gasteiger partial charge is 0.486 e. The fourth-order valence-electron chi connectivity index (χ4n) is 1.49. The van der Waals surface area contributed by atoms with Crippen molar-refractivity contribution < 1.29 is 9.53 Å². The minimum atomic E-state index is -0.572. The number of benzene rings is 1. The first kappa shape index (κ1) is 12.1. The number of primary amides is 1. The first-order valence-electron chi connectivity index (χ1n) is 5.07. The molecule has 0 spiro atoms. The molecule has 0 aliphatic heterocycles. The van der Waals surface area contributed by atoms with Crippen molar-refractivity contribution in [3.8, 4) is 28.7 Å². The molecule has 0 saturated carbocycles. The summed E-state index contributed by atoms with van der Waals surface area (Å²) in [5, 5.41) is 0.755. The lowest BCUT2D eigenvalue weighted by Gasteiger charge is -2.01. The van der Waals surface area contributed by atoms with Crippen LogP contribution in [-0.2, 0) is 0 Å². The predicted octanol–water partition coefficient (Wildman–Crippen LogP) is 1.90. The van der Waals surface area contributed by atoms with Gasteiger partial charge in [-0.25, -0.2) is 4.98 Å². The Morgan fingerprint density at radius 2 is 2.33 bits per heavy atom. The lowest BCUT2D eigenvalue weighted by atomic mass is 10.1. The molecule has 90 valence electrons. The summed E-state index contributed by atoms with van der Waals surface area (Å²) < 4.78 is 5.20. The van der Waals surface area contributed by atoms with E-state index in [-0.39, 0.29) is 5.01 Å². The fourth-order valence-corrected chi connectivity index (χ4v) is 2.25. The normalized spacial score (nSPS) is 9.78. The number of hydrogen-bond donors (Lipinski definition) is 1. The summed E-state index contributed by atoms with van der Waals surface area (Å²) in [6.07, 6.45) is 5.35. The zero-order valence-corrected chi connectivity index (χ0v) is 10.5. The summed E-state index contributed by atoms with van der Waals surface area (Å²) >= 11 is 1.12. The van der Waals surface area contributed by atoms with Crippen LogP contribution in [0.2, 0.25) is 0 Å². The second kappa shape index (κ2) is 4.90. The zero-order valence-electron chi connectivity index (χ0n) is 9.64. The van der Waals surface area contributed by atoms with Gasteiger partial charge in [-0.05, 0) is 12.1 Å². The van der Waals surface area contributed by atoms with Gasteiger partial charge in [-0.2, -0.15) is 0 Å². The minimum Gasteiger partial charge on any atom is -0.486 e. The van der Waals surface area contributed by atoms with Crippen molar-refractivity contribution in [3.05, 3.63) is 34.8 Å². The van der Waals surface area contributed by atoms with Gasteiger partial charge in [-0.15, -0.1) is 6.42 Å². The van der Waals surface area contributed by atoms with Crippen LogP contribution in [-0.4, -0.2) is 18.0 Å². The van der Waals surface area contributed by atoms with Crippen LogP contribution < -0.4 is 10.5 Å². The van der Waals surface area contributed by atoms with E-state index < -0.39 is 5.91 Å². The van der Waals surface area contributed by atoms with Crippen LogP contribution in [0.1, 0.15) is 15.4 Å². The monoisotopic (exact) mass is 258 g/mol. The molecule has 1 aromatic carbocycles. The molecule has 1 aromatic heterocycles. The van der Waals surface area contributed by atoms with Crippen LogP contribution >= 0.6 is 11.3 Å². The lowest BCUT2D eigenvalue weighted by molar-refractivity contribution is 0.1000. The highest BCUT2D eigenvalue weighted by molar-refractivity contribution is 7.15. The number of ether oxygens (including phenoxy) is 1. The van der Waals surface area contributed by atoms with E-state index >= 15 is 0 Å². The van der Waals surface area contributed by atoms with Crippen LogP contribution in [0.25, 0.3) is 11.3 Å². The number of methoxy groups -OCH3 is 1. The Morgan fingerprint density at radius 1 is 1.56 bits per heavy atom. The maximum atomic E-state index is 11.1. The maximum Gasteiger partial charge on any atom is 0.277 e. The highest BCUT2D eigenvalue weighted by Crippen LogP contribution is 2.35. The van der Waals surface area contributed by atoms with Crippen molar-refractivity contribution in [2.45, 2.75) is 0 Å². The number of terminal acetylenes is 1. The molecule has 0 bridgehead atoms. The summed E-state index contributed by atoms with van der Waals surface area (Å²) in [6, 6.07) is 7.30. The van der Waals surface area contributed by atoms with Crippen molar-refractivity contribution >= 4 is 17.2 Å². The van der Waals surface area contributed by atoms with E-state index in [1.165, 1.54) is 7.11 Å². The van der Waals surface area contributed by atoms with Gasteiger partial charge in [0.2, 0.25) is 5.06 Å². The third kappa shape index (κ3) is 2.19. The summed E-state index contributed by atoms with van der Waals surface area (Å²) in [6.45, 7) is 0. The molecule has 2 rings (SSSR count). The van der Waals surface area contributed by atoms with Gasteiger partial charge >= 0.3 is 0 Å². The van der Waals surface area contributed by atoms with Crippen LogP contribution in [0, 0.1) is 12.3 Å². The van der Waals surface area contributed by atoms with E-state index in [1.807, 2.05) is 24.3 Å². The Labute approximate surface area is 108 Å². The molecule has 0 saturated heterocycles. The van der Waals surface area contributed by atoms with E-state index in [0.29, 0.717) is 10.8 Å². The van der Waals surface area contributed by atoms with Crippen LogP contribution in [0.5, 0.6) is 5.06 Å². The van der Waals surface area contributed by atoms with E-state index in [0.717, 1.165) is 22.5 Å². The van der Waals surface area contributed by atoms with Gasteiger partial charge in [-0.3, -0.25) is 4.79 Å². The number of rotatable bonds is 3. The minimum absolute atomic E-state index is 0.216. The van der Waals surface area contributed by atoms with Crippen molar-refractivity contribution in [2.24, 2.45) is 5.73 Å². The van der Waals surface area contributed by atoms with Gasteiger partial charge in [0.05, 0.1) is 7.11 Å². The molecule has 0 atom stereocenters. The summed E-state index contributed by atoms with van der Waals surface area (Å²) in [5.41, 5.74) is 7.32. The van der Waals surface area contributed by atoms with E-state index in [4.69, 9.17) is 16.9 Å². The number of hydrogen-bond acceptors (Lipinski definition) is 4. The van der Waals surface area contributed by atoms with Crippen molar-refractivity contribution in [1.82, 2.24) is 4.98 Å². The maximum absolute atomic E-state index is 11.1. The van der Waals surface area contributed by atoms with Gasteiger partial charge < -0.3 is 10.5 Å². The standard InChI is InChI=1S/C13H10N2O2S/c1-3-8-5-4-6-9(7-8)10-13(17-2)18-12(15-10)11(14)16/h1,4-7H,2H3,(H2,14,16). The topological polar surface area (TPSA) is 65.2 Å². The molecular formula is C13H10N2O2S. The van der Waals surface area contributed by atoms with Gasteiger partial charge in [0.25, 0.3) is 5.91 Å². The molecule has 1 heterocycles. The quantitative estimate of drug-likeness (QED) is 0.855. The Kier molecular flexibility index (Phi) is 3.31. The molecule has 2 aromatic rings. The smallest absolute Gasteiger partial charge is 0.277 e. The van der Waals surface area contributed by atoms with E-state index in [1.54, 1.807) is 0 Å². The summed E-state index contributed by atoms with van der Waals surface area (Å²) in [5.74, 6) is 1.98. The molecular weight excluding hydrogens is 248 g/mol. The number of amides is 1. The number of carbonyl (C=O) groups excluding carboxylic acids is 1. The Hall–Kier alpha value is -2.32. The van der Waals surface area contributed by atoms with Crippen molar-refractivity contribution in [1.29, 1.82) is 0 Å². The third-order valence-corrected chi connectivity index (χ3v) is 3.33. The molecule has 1 amide bonds. The number of nitrogens with zero attached hydrogens (tertiary/aromatic N) is 1. The van der Waals surface area contributed by atoms with E-state index in [9.17, 15) is 4.79 Å². The number of carbonyl (C=O) groups is 1. The highest BCUT2D eigenvalue weighted by atomic mass is 32.1. The third-order valence-electron chi connectivity index (χ3n) is 2.29. The molecule has 2 N–H and O–H groups in total. The molecule has 5 heteroatoms. The SMILES string of the molecule is C#Cc1cccc(-c2nc(C(N)=O)sc2OC)c1. The van der Waals surface area contributed by atoms with Crippen LogP contribution in [0.4, 0.5) is 0 Å². The molecule has 0 unspecified atom stereocenters. The molecule has 0 aliphatic carbocycles. The van der Waals surface area contributed by atoms with Gasteiger partial charge in [-0.1, -0.05) is 29.4 Å². The first-order valence-corrected chi connectivity index (χ1v) is 5.89. The van der Waals surface area contributed by atoms with Crippen LogP contribution in [0.3, 0.4) is 0 Å². The van der Waals surface area contributed by atoms with Crippen molar-refractivity contribution in [2.75, 3.05) is 7.11 Å². The molecule has 0 radical (unpaired) electrons. The van der Waals surface area contributed by atoms with Crippen molar-refractivity contribution in [3.63, 3.8) is 0 Å². The second-order valence-corrected chi connectivity index (χ2v) is 4.41. The number of thiazole rings is 1. The molecule has 0 aliphatic rings. The summed E-state index contributed by atoms with van der Waals surface area (Å²) in [7, 11) is 1.52. The Balaban J connectivity index is 2.55. The Morgan fingerprint density at radius 3 is 2.94 bits per heavy atom. The molecule has 0 fully saturated rings. The zero-order chi connectivity index (χ0) is 13.1. The number of nitrogens with two attached hydrogens (primary N) is 1. The average molecular weight is 258 g/mol. The van der Waals surface area contributed by atoms with Gasteiger partial charge in [0, 0.05) is 11.1 Å². The molecule has 18 heavy (non-hydrogen) atoms. The van der Waals surface area contributed by atoms with Gasteiger partial charge in [0.1, 0.15) is 5.69 Å². The summed E-state index contributed by atoms with van der Waals surface area (Å²) in [4.78, 5) is 15.3. The molecule has 4 nitrogen and oxygen atoms in total. The van der Waals surface area contributed by atoms with Crippen LogP contribution in [0.15, 0.2) is 24.3 Å². The fraction of sp³-hybridized carbons (Fsp3) is 0.0769. The van der Waals surface area contributed by atoms with Gasteiger partial charge in [0.15, 0.2) is 5.01 Å². The average Bonchev–Trinajstić information content (AvgIpc) is 2.83. The first-order chi connectivity index (χ1) is 8.65.